The van der Waals surface area contributed by atoms with E-state index in [1.165, 1.54) is 42.5 Å². The van der Waals surface area contributed by atoms with E-state index in [0.717, 1.165) is 6.07 Å². The fourth-order valence-electron chi connectivity index (χ4n) is 2.57. The van der Waals surface area contributed by atoms with Crippen molar-refractivity contribution in [3.8, 4) is 0 Å². The van der Waals surface area contributed by atoms with E-state index in [2.05, 4.69) is 5.43 Å². The summed E-state index contributed by atoms with van der Waals surface area (Å²) in [7, 11) is 0. The lowest BCUT2D eigenvalue weighted by molar-refractivity contribution is 0.0483. The Morgan fingerprint density at radius 2 is 1.07 bits per heavy atom. The lowest BCUT2D eigenvalue weighted by Crippen LogP contribution is -2.49. The van der Waals surface area contributed by atoms with Gasteiger partial charge in [-0.2, -0.15) is 5.01 Å². The van der Waals surface area contributed by atoms with Gasteiger partial charge in [0.2, 0.25) is 0 Å². The Morgan fingerprint density at radius 1 is 0.621 bits per heavy atom. The molecule has 0 aromatic heterocycles. The highest BCUT2D eigenvalue weighted by atomic mass is 16.4. The lowest BCUT2D eigenvalue weighted by atomic mass is 10.1. The number of rotatable bonds is 4. The first kappa shape index (κ1) is 19.5. The molecule has 2 N–H and O–H groups in total. The van der Waals surface area contributed by atoms with Gasteiger partial charge in [-0.25, -0.2) is 4.79 Å². The number of carboxylic acid groups (broad SMARTS) is 1. The van der Waals surface area contributed by atoms with Gasteiger partial charge in [-0.1, -0.05) is 42.5 Å². The predicted octanol–water partition coefficient (Wildman–Crippen LogP) is 3.01. The van der Waals surface area contributed by atoms with Crippen LogP contribution >= 0.6 is 0 Å². The number of nitrogens with zero attached hydrogens (tertiary/aromatic N) is 1. The summed E-state index contributed by atoms with van der Waals surface area (Å²) in [5.41, 5.74) is 2.62. The van der Waals surface area contributed by atoms with Gasteiger partial charge in [0.15, 0.2) is 0 Å². The van der Waals surface area contributed by atoms with Crippen molar-refractivity contribution in [1.82, 2.24) is 10.4 Å². The molecule has 3 aromatic carbocycles. The van der Waals surface area contributed by atoms with Gasteiger partial charge >= 0.3 is 5.97 Å². The van der Waals surface area contributed by atoms with E-state index in [4.69, 9.17) is 5.11 Å². The first-order valence-electron chi connectivity index (χ1n) is 8.60. The Balaban J connectivity index is 1.94. The van der Waals surface area contributed by atoms with E-state index in [1.54, 1.807) is 36.4 Å². The fraction of sp³-hybridized carbons (Fsp3) is 0. The summed E-state index contributed by atoms with van der Waals surface area (Å²) in [4.78, 5) is 49.6. The van der Waals surface area contributed by atoms with Crippen LogP contribution < -0.4 is 5.43 Å². The fourth-order valence-corrected chi connectivity index (χ4v) is 2.57. The molecular formula is C22H16N2O5. The van der Waals surface area contributed by atoms with Crippen molar-refractivity contribution in [3.05, 3.63) is 107 Å². The number of aromatic carboxylic acids is 1. The average molecular weight is 388 g/mol. The second-order valence-electron chi connectivity index (χ2n) is 6.00. The van der Waals surface area contributed by atoms with E-state index >= 15 is 0 Å². The normalized spacial score (nSPS) is 10.1. The molecule has 7 heteroatoms. The number of carbonyl (C=O) groups excluding carboxylic acids is 3. The lowest BCUT2D eigenvalue weighted by Gasteiger charge is -2.21. The molecule has 7 nitrogen and oxygen atoms in total. The van der Waals surface area contributed by atoms with Gasteiger partial charge < -0.3 is 5.11 Å². The van der Waals surface area contributed by atoms with Crippen molar-refractivity contribution in [1.29, 1.82) is 0 Å². The summed E-state index contributed by atoms with van der Waals surface area (Å²) < 4.78 is 0. The average Bonchev–Trinajstić information content (AvgIpc) is 2.77. The minimum Gasteiger partial charge on any atom is -0.478 e. The summed E-state index contributed by atoms with van der Waals surface area (Å²) in [5.74, 6) is -3.43. The molecule has 0 saturated heterocycles. The van der Waals surface area contributed by atoms with Crippen LogP contribution in [0.2, 0.25) is 0 Å². The van der Waals surface area contributed by atoms with E-state index in [9.17, 15) is 19.2 Å². The molecule has 0 atom stereocenters. The zero-order valence-corrected chi connectivity index (χ0v) is 15.1. The highest BCUT2D eigenvalue weighted by Crippen LogP contribution is 2.11. The topological polar surface area (TPSA) is 104 Å². The first-order chi connectivity index (χ1) is 14.0. The molecule has 0 aliphatic carbocycles. The van der Waals surface area contributed by atoms with Gasteiger partial charge in [-0.3, -0.25) is 19.8 Å². The second kappa shape index (κ2) is 8.62. The molecule has 0 aliphatic rings. The predicted molar refractivity (Wildman–Crippen MR) is 104 cm³/mol. The molecule has 29 heavy (non-hydrogen) atoms. The molecule has 0 heterocycles. The van der Waals surface area contributed by atoms with E-state index in [0.29, 0.717) is 5.01 Å². The second-order valence-corrected chi connectivity index (χ2v) is 6.00. The minimum atomic E-state index is -1.20. The zero-order chi connectivity index (χ0) is 20.8. The maximum absolute atomic E-state index is 12.9. The van der Waals surface area contributed by atoms with Crippen LogP contribution in [-0.4, -0.2) is 33.8 Å². The molecule has 0 bridgehead atoms. The Morgan fingerprint density at radius 3 is 1.55 bits per heavy atom. The van der Waals surface area contributed by atoms with Crippen LogP contribution in [0.15, 0.2) is 84.9 Å². The molecule has 0 saturated carbocycles. The summed E-state index contributed by atoms with van der Waals surface area (Å²) in [6, 6.07) is 21.3. The number of carboxylic acids is 1. The summed E-state index contributed by atoms with van der Waals surface area (Å²) in [6.45, 7) is 0. The van der Waals surface area contributed by atoms with Crippen molar-refractivity contribution in [2.45, 2.75) is 0 Å². The van der Waals surface area contributed by atoms with Crippen LogP contribution in [0.4, 0.5) is 0 Å². The van der Waals surface area contributed by atoms with Gasteiger partial charge in [-0.15, -0.1) is 0 Å². The summed E-state index contributed by atoms with van der Waals surface area (Å²) >= 11 is 0. The van der Waals surface area contributed by atoms with E-state index in [-0.39, 0.29) is 22.3 Å². The number of imide groups is 1. The van der Waals surface area contributed by atoms with Crippen LogP contribution in [0, 0.1) is 0 Å². The smallest absolute Gasteiger partial charge is 0.335 e. The summed E-state index contributed by atoms with van der Waals surface area (Å²) in [5, 5.41) is 9.72. The number of benzene rings is 3. The summed E-state index contributed by atoms with van der Waals surface area (Å²) in [6.07, 6.45) is 0. The molecule has 3 rings (SSSR count). The van der Waals surface area contributed by atoms with Crippen molar-refractivity contribution in [2.75, 3.05) is 0 Å². The third-order valence-corrected chi connectivity index (χ3v) is 4.03. The van der Waals surface area contributed by atoms with E-state index in [1.807, 2.05) is 0 Å². The number of amides is 3. The number of nitrogens with one attached hydrogen (secondary N) is 1. The van der Waals surface area contributed by atoms with E-state index < -0.39 is 23.7 Å². The van der Waals surface area contributed by atoms with Gasteiger partial charge in [0.05, 0.1) is 5.56 Å². The van der Waals surface area contributed by atoms with Crippen molar-refractivity contribution in [2.24, 2.45) is 0 Å². The maximum Gasteiger partial charge on any atom is 0.335 e. The number of hydrogen-bond acceptors (Lipinski definition) is 4. The molecule has 3 amide bonds. The Labute approximate surface area is 166 Å². The van der Waals surface area contributed by atoms with Crippen LogP contribution in [0.1, 0.15) is 41.4 Å². The molecule has 0 fully saturated rings. The van der Waals surface area contributed by atoms with Crippen LogP contribution in [-0.2, 0) is 0 Å². The SMILES string of the molecule is O=C(O)c1cccc(C(=O)NN(C(=O)c2ccccc2)C(=O)c2ccccc2)c1. The molecule has 0 spiro atoms. The Kier molecular flexibility index (Phi) is 5.80. The quantitative estimate of drug-likeness (QED) is 0.528. The van der Waals surface area contributed by atoms with Gasteiger partial charge in [-0.05, 0) is 42.5 Å². The molecule has 0 radical (unpaired) electrons. The zero-order valence-electron chi connectivity index (χ0n) is 15.1. The third-order valence-electron chi connectivity index (χ3n) is 4.03. The first-order valence-corrected chi connectivity index (χ1v) is 8.60. The highest BCUT2D eigenvalue weighted by Gasteiger charge is 2.26. The van der Waals surface area contributed by atoms with Gasteiger partial charge in [0.25, 0.3) is 17.7 Å². The maximum atomic E-state index is 12.9. The standard InChI is InChI=1S/C22H16N2O5/c25-19(17-12-7-13-18(14-17)22(28)29)23-24(20(26)15-8-3-1-4-9-15)21(27)16-10-5-2-6-11-16/h1-14H,(H,23,25)(H,28,29). The number of carbonyl (C=O) groups is 4. The van der Waals surface area contributed by atoms with Crippen LogP contribution in [0.5, 0.6) is 0 Å². The Hall–Kier alpha value is -4.26. The number of hydrogen-bond donors (Lipinski definition) is 2. The third kappa shape index (κ3) is 4.54. The van der Waals surface area contributed by atoms with Crippen molar-refractivity contribution < 1.29 is 24.3 Å². The van der Waals surface area contributed by atoms with Gasteiger partial charge in [0, 0.05) is 16.7 Å². The molecule has 3 aromatic rings. The van der Waals surface area contributed by atoms with Crippen LogP contribution in [0.25, 0.3) is 0 Å². The van der Waals surface area contributed by atoms with Crippen molar-refractivity contribution >= 4 is 23.7 Å². The minimum absolute atomic E-state index is 0.00313. The Bertz CT molecular complexity index is 1010. The largest absolute Gasteiger partial charge is 0.478 e. The van der Waals surface area contributed by atoms with Crippen LogP contribution in [0.3, 0.4) is 0 Å². The molecule has 0 unspecified atom stereocenters. The molecular weight excluding hydrogens is 372 g/mol. The highest BCUT2D eigenvalue weighted by molar-refractivity contribution is 6.12. The number of hydrazine groups is 1. The molecule has 0 aliphatic heterocycles. The molecule has 144 valence electrons. The van der Waals surface area contributed by atoms with Crippen molar-refractivity contribution in [3.63, 3.8) is 0 Å². The van der Waals surface area contributed by atoms with Gasteiger partial charge in [0.1, 0.15) is 0 Å². The monoisotopic (exact) mass is 388 g/mol.